The molecule has 0 unspecified atom stereocenters. The number of hydrogen-bond acceptors (Lipinski definition) is 6. The number of rotatable bonds is 7. The molecule has 0 saturated heterocycles. The Morgan fingerprint density at radius 3 is 2.70 bits per heavy atom. The van der Waals surface area contributed by atoms with Gasteiger partial charge in [-0.1, -0.05) is 5.16 Å². The Labute approximate surface area is 118 Å². The molecule has 0 fully saturated rings. The van der Waals surface area contributed by atoms with E-state index in [0.29, 0.717) is 31.4 Å². The van der Waals surface area contributed by atoms with E-state index in [1.54, 1.807) is 0 Å². The molecule has 0 aliphatic heterocycles. The Morgan fingerprint density at radius 1 is 1.30 bits per heavy atom. The summed E-state index contributed by atoms with van der Waals surface area (Å²) in [5, 5.41) is 12.8. The fraction of sp³-hybridized carbons (Fsp3) is 0.429. The Balaban J connectivity index is 2.04. The summed E-state index contributed by atoms with van der Waals surface area (Å²) in [5.41, 5.74) is 0.883. The first-order valence-electron chi connectivity index (χ1n) is 6.58. The van der Waals surface area contributed by atoms with Crippen LogP contribution in [0.15, 0.2) is 28.8 Å². The van der Waals surface area contributed by atoms with Gasteiger partial charge in [0, 0.05) is 12.1 Å². The minimum atomic E-state index is 0.108. The molecule has 0 spiro atoms. The second-order valence-electron chi connectivity index (χ2n) is 4.43. The molecule has 0 amide bonds. The molecule has 2 aromatic rings. The first-order valence-corrected chi connectivity index (χ1v) is 6.58. The van der Waals surface area contributed by atoms with E-state index in [0.717, 1.165) is 11.3 Å². The van der Waals surface area contributed by atoms with Crippen LogP contribution in [0.25, 0.3) is 11.4 Å². The number of nitrogens with zero attached hydrogens (tertiary/aromatic N) is 3. The number of aliphatic hydroxyl groups is 1. The van der Waals surface area contributed by atoms with E-state index < -0.39 is 0 Å². The summed E-state index contributed by atoms with van der Waals surface area (Å²) in [6.45, 7) is 3.78. The SMILES string of the molecule is CCOc1ccc(-c2noc(CN(C)CCO)n2)cc1. The lowest BCUT2D eigenvalue weighted by Gasteiger charge is -2.10. The first-order chi connectivity index (χ1) is 9.72. The van der Waals surface area contributed by atoms with Crippen LogP contribution in [0, 0.1) is 0 Å². The third-order valence-corrected chi connectivity index (χ3v) is 2.78. The molecule has 0 atom stereocenters. The van der Waals surface area contributed by atoms with Crippen LogP contribution in [0.5, 0.6) is 5.75 Å². The third-order valence-electron chi connectivity index (χ3n) is 2.78. The summed E-state index contributed by atoms with van der Waals surface area (Å²) in [6, 6.07) is 7.56. The van der Waals surface area contributed by atoms with E-state index >= 15 is 0 Å². The Kier molecular flexibility index (Phi) is 5.09. The van der Waals surface area contributed by atoms with E-state index in [-0.39, 0.29) is 6.61 Å². The Morgan fingerprint density at radius 2 is 2.05 bits per heavy atom. The summed E-state index contributed by atoms with van der Waals surface area (Å²) in [4.78, 5) is 6.25. The molecule has 6 heteroatoms. The van der Waals surface area contributed by atoms with E-state index in [4.69, 9.17) is 14.4 Å². The van der Waals surface area contributed by atoms with Gasteiger partial charge in [0.1, 0.15) is 5.75 Å². The zero-order valence-electron chi connectivity index (χ0n) is 11.7. The van der Waals surface area contributed by atoms with Crippen LogP contribution in [-0.4, -0.2) is 47.0 Å². The van der Waals surface area contributed by atoms with Crippen LogP contribution >= 0.6 is 0 Å². The maximum absolute atomic E-state index is 8.85. The van der Waals surface area contributed by atoms with Crippen LogP contribution in [0.3, 0.4) is 0 Å². The molecule has 1 heterocycles. The lowest BCUT2D eigenvalue weighted by molar-refractivity contribution is 0.200. The molecule has 2 rings (SSSR count). The molecule has 0 saturated carbocycles. The predicted molar refractivity (Wildman–Crippen MR) is 74.3 cm³/mol. The van der Waals surface area contributed by atoms with E-state index in [9.17, 15) is 0 Å². The number of hydrogen-bond donors (Lipinski definition) is 1. The van der Waals surface area contributed by atoms with Gasteiger partial charge in [-0.2, -0.15) is 4.98 Å². The minimum Gasteiger partial charge on any atom is -0.494 e. The fourth-order valence-corrected chi connectivity index (χ4v) is 1.78. The second-order valence-corrected chi connectivity index (χ2v) is 4.43. The molecule has 1 aromatic carbocycles. The average molecular weight is 277 g/mol. The van der Waals surface area contributed by atoms with Gasteiger partial charge in [-0.15, -0.1) is 0 Å². The van der Waals surface area contributed by atoms with Crippen molar-refractivity contribution in [2.75, 3.05) is 26.8 Å². The summed E-state index contributed by atoms with van der Waals surface area (Å²) < 4.78 is 10.6. The number of benzene rings is 1. The molecule has 0 aliphatic carbocycles. The highest BCUT2D eigenvalue weighted by atomic mass is 16.5. The van der Waals surface area contributed by atoms with Crippen molar-refractivity contribution in [3.05, 3.63) is 30.2 Å². The molecule has 1 aromatic heterocycles. The molecule has 6 nitrogen and oxygen atoms in total. The smallest absolute Gasteiger partial charge is 0.241 e. The largest absolute Gasteiger partial charge is 0.494 e. The van der Waals surface area contributed by atoms with Crippen molar-refractivity contribution in [1.29, 1.82) is 0 Å². The average Bonchev–Trinajstić information content (AvgIpc) is 2.88. The van der Waals surface area contributed by atoms with Crippen molar-refractivity contribution in [3.63, 3.8) is 0 Å². The number of aliphatic hydroxyl groups excluding tert-OH is 1. The quantitative estimate of drug-likeness (QED) is 0.828. The van der Waals surface area contributed by atoms with Gasteiger partial charge in [0.25, 0.3) is 0 Å². The Bertz CT molecular complexity index is 525. The number of ether oxygens (including phenoxy) is 1. The molecular weight excluding hydrogens is 258 g/mol. The number of aromatic nitrogens is 2. The minimum absolute atomic E-state index is 0.108. The van der Waals surface area contributed by atoms with Gasteiger partial charge in [-0.25, -0.2) is 0 Å². The Hall–Kier alpha value is -1.92. The summed E-state index contributed by atoms with van der Waals surface area (Å²) in [7, 11) is 1.89. The monoisotopic (exact) mass is 277 g/mol. The van der Waals surface area contributed by atoms with Crippen molar-refractivity contribution in [2.24, 2.45) is 0 Å². The van der Waals surface area contributed by atoms with E-state index in [1.807, 2.05) is 43.1 Å². The zero-order valence-corrected chi connectivity index (χ0v) is 11.7. The topological polar surface area (TPSA) is 71.6 Å². The highest BCUT2D eigenvalue weighted by Gasteiger charge is 2.10. The van der Waals surface area contributed by atoms with Gasteiger partial charge >= 0.3 is 0 Å². The van der Waals surface area contributed by atoms with E-state index in [2.05, 4.69) is 10.1 Å². The summed E-state index contributed by atoms with van der Waals surface area (Å²) in [5.74, 6) is 1.91. The lowest BCUT2D eigenvalue weighted by atomic mass is 10.2. The third kappa shape index (κ3) is 3.79. The van der Waals surface area contributed by atoms with Gasteiger partial charge in [-0.05, 0) is 38.2 Å². The normalized spacial score (nSPS) is 11.0. The van der Waals surface area contributed by atoms with Crippen molar-refractivity contribution in [1.82, 2.24) is 15.0 Å². The fourth-order valence-electron chi connectivity index (χ4n) is 1.78. The summed E-state index contributed by atoms with van der Waals surface area (Å²) in [6.07, 6.45) is 0. The van der Waals surface area contributed by atoms with Crippen LogP contribution in [0.2, 0.25) is 0 Å². The number of likely N-dealkylation sites (N-methyl/N-ethyl adjacent to an activating group) is 1. The van der Waals surface area contributed by atoms with Gasteiger partial charge < -0.3 is 14.4 Å². The first kappa shape index (κ1) is 14.5. The van der Waals surface area contributed by atoms with Gasteiger partial charge in [0.15, 0.2) is 0 Å². The molecule has 0 radical (unpaired) electrons. The molecule has 20 heavy (non-hydrogen) atoms. The van der Waals surface area contributed by atoms with Crippen molar-refractivity contribution in [3.8, 4) is 17.1 Å². The maximum Gasteiger partial charge on any atom is 0.241 e. The van der Waals surface area contributed by atoms with Gasteiger partial charge in [-0.3, -0.25) is 4.90 Å². The zero-order chi connectivity index (χ0) is 14.4. The maximum atomic E-state index is 8.85. The predicted octanol–water partition coefficient (Wildman–Crippen LogP) is 1.56. The van der Waals surface area contributed by atoms with Crippen molar-refractivity contribution < 1.29 is 14.4 Å². The van der Waals surface area contributed by atoms with Crippen LogP contribution in [-0.2, 0) is 6.54 Å². The summed E-state index contributed by atoms with van der Waals surface area (Å²) >= 11 is 0. The molecule has 108 valence electrons. The molecule has 0 aliphatic rings. The van der Waals surface area contributed by atoms with Crippen molar-refractivity contribution in [2.45, 2.75) is 13.5 Å². The van der Waals surface area contributed by atoms with Crippen LogP contribution < -0.4 is 4.74 Å². The molecule has 1 N–H and O–H groups in total. The second kappa shape index (κ2) is 7.02. The standard InChI is InChI=1S/C14H19N3O3/c1-3-19-12-6-4-11(5-7-12)14-15-13(20-16-14)10-17(2)8-9-18/h4-7,18H,3,8-10H2,1-2H3. The molecular formula is C14H19N3O3. The highest BCUT2D eigenvalue weighted by Crippen LogP contribution is 2.20. The lowest BCUT2D eigenvalue weighted by Crippen LogP contribution is -2.21. The van der Waals surface area contributed by atoms with Gasteiger partial charge in [0.05, 0.1) is 19.8 Å². The molecule has 0 bridgehead atoms. The van der Waals surface area contributed by atoms with Crippen LogP contribution in [0.4, 0.5) is 0 Å². The highest BCUT2D eigenvalue weighted by molar-refractivity contribution is 5.55. The van der Waals surface area contributed by atoms with E-state index in [1.165, 1.54) is 0 Å². The van der Waals surface area contributed by atoms with Gasteiger partial charge in [0.2, 0.25) is 11.7 Å². The van der Waals surface area contributed by atoms with Crippen molar-refractivity contribution >= 4 is 0 Å². The van der Waals surface area contributed by atoms with Crippen LogP contribution in [0.1, 0.15) is 12.8 Å².